The molecule has 26 heavy (non-hydrogen) atoms. The molecule has 0 unspecified atom stereocenters. The first-order valence-corrected chi connectivity index (χ1v) is 9.68. The van der Waals surface area contributed by atoms with Gasteiger partial charge in [-0.1, -0.05) is 30.3 Å². The molecule has 6 nitrogen and oxygen atoms in total. The van der Waals surface area contributed by atoms with Gasteiger partial charge in [0.1, 0.15) is 6.10 Å². The molecule has 7 heteroatoms. The molecule has 2 aromatic carbocycles. The number of rotatable bonds is 6. The molecule has 4 N–H and O–H groups in total. The van der Waals surface area contributed by atoms with E-state index in [2.05, 4.69) is 14.2 Å². The van der Waals surface area contributed by atoms with Crippen LogP contribution < -0.4 is 18.9 Å². The van der Waals surface area contributed by atoms with Crippen LogP contribution >= 0.6 is 22.9 Å². The predicted molar refractivity (Wildman–Crippen MR) is 110 cm³/mol. The molecule has 0 aromatic heterocycles. The molecule has 0 bridgehead atoms. The minimum absolute atomic E-state index is 0.0299. The standard InChI is InChI=1S/C19H22IN3O3/c20-23-16-11-17(24)18(26-14-6-8-21-9-7-14)10-15(16)19(25)22-12-13-4-2-1-3-5-13/h1-5,10-11,14,21,23-24H,6-9,12H2,(H,22,25). The average Bonchev–Trinajstić information content (AvgIpc) is 2.69. The third-order valence-electron chi connectivity index (χ3n) is 4.32. The van der Waals surface area contributed by atoms with Crippen LogP contribution in [0.5, 0.6) is 11.5 Å². The normalized spacial score (nSPS) is 14.7. The number of carbonyl (C=O) groups is 1. The van der Waals surface area contributed by atoms with E-state index in [1.54, 1.807) is 6.07 Å². The summed E-state index contributed by atoms with van der Waals surface area (Å²) in [6, 6.07) is 12.9. The monoisotopic (exact) mass is 467 g/mol. The number of hydrogen-bond acceptors (Lipinski definition) is 5. The third-order valence-corrected chi connectivity index (χ3v) is 4.90. The number of nitrogens with one attached hydrogen (secondary N) is 3. The lowest BCUT2D eigenvalue weighted by Gasteiger charge is -2.24. The van der Waals surface area contributed by atoms with Crippen LogP contribution in [0, 0.1) is 0 Å². The van der Waals surface area contributed by atoms with Crippen LogP contribution in [0.4, 0.5) is 5.69 Å². The zero-order valence-corrected chi connectivity index (χ0v) is 16.5. The lowest BCUT2D eigenvalue weighted by atomic mass is 10.1. The number of ether oxygens (including phenoxy) is 1. The maximum Gasteiger partial charge on any atom is 0.253 e. The minimum atomic E-state index is -0.219. The molecular formula is C19H22IN3O3. The minimum Gasteiger partial charge on any atom is -0.504 e. The average molecular weight is 467 g/mol. The van der Waals surface area contributed by atoms with Gasteiger partial charge in [0.25, 0.3) is 5.91 Å². The Morgan fingerprint density at radius 1 is 1.23 bits per heavy atom. The molecule has 1 fully saturated rings. The summed E-state index contributed by atoms with van der Waals surface area (Å²) in [5, 5.41) is 16.4. The number of halogens is 1. The van der Waals surface area contributed by atoms with Crippen molar-refractivity contribution >= 4 is 34.5 Å². The number of amides is 1. The van der Waals surface area contributed by atoms with Crippen molar-refractivity contribution in [1.29, 1.82) is 0 Å². The number of piperidine rings is 1. The second-order valence-electron chi connectivity index (χ2n) is 6.20. The molecule has 1 aliphatic heterocycles. The summed E-state index contributed by atoms with van der Waals surface area (Å²) in [5.74, 6) is 0.155. The molecule has 0 spiro atoms. The summed E-state index contributed by atoms with van der Waals surface area (Å²) in [6.45, 7) is 2.22. The van der Waals surface area contributed by atoms with E-state index in [1.807, 2.05) is 53.2 Å². The van der Waals surface area contributed by atoms with Crippen LogP contribution in [0.15, 0.2) is 42.5 Å². The molecular weight excluding hydrogens is 445 g/mol. The van der Waals surface area contributed by atoms with E-state index < -0.39 is 0 Å². The van der Waals surface area contributed by atoms with Crippen molar-refractivity contribution < 1.29 is 14.6 Å². The number of hydrogen-bond donors (Lipinski definition) is 4. The summed E-state index contributed by atoms with van der Waals surface area (Å²) in [6.07, 6.45) is 1.79. The van der Waals surface area contributed by atoms with Crippen molar-refractivity contribution in [2.45, 2.75) is 25.5 Å². The van der Waals surface area contributed by atoms with Crippen molar-refractivity contribution in [1.82, 2.24) is 10.6 Å². The summed E-state index contributed by atoms with van der Waals surface area (Å²) in [4.78, 5) is 12.7. The van der Waals surface area contributed by atoms with Crippen LogP contribution in [0.3, 0.4) is 0 Å². The lowest BCUT2D eigenvalue weighted by Crippen LogP contribution is -2.34. The van der Waals surface area contributed by atoms with Gasteiger partial charge < -0.3 is 24.0 Å². The van der Waals surface area contributed by atoms with Crippen molar-refractivity contribution in [3.63, 3.8) is 0 Å². The van der Waals surface area contributed by atoms with E-state index >= 15 is 0 Å². The highest BCUT2D eigenvalue weighted by Gasteiger charge is 2.20. The molecule has 1 amide bonds. The van der Waals surface area contributed by atoms with Gasteiger partial charge >= 0.3 is 0 Å². The number of carbonyl (C=O) groups excluding carboxylic acids is 1. The molecule has 3 rings (SSSR count). The second kappa shape index (κ2) is 9.09. The topological polar surface area (TPSA) is 82.6 Å². The van der Waals surface area contributed by atoms with Crippen LogP contribution in [0.25, 0.3) is 0 Å². The van der Waals surface area contributed by atoms with E-state index in [-0.39, 0.29) is 17.8 Å². The number of aromatic hydroxyl groups is 1. The highest BCUT2D eigenvalue weighted by Crippen LogP contribution is 2.34. The Morgan fingerprint density at radius 2 is 1.96 bits per heavy atom. The molecule has 1 heterocycles. The Hall–Kier alpha value is -2.00. The zero-order chi connectivity index (χ0) is 18.4. The van der Waals surface area contributed by atoms with Gasteiger partial charge in [-0.2, -0.15) is 0 Å². The Kier molecular flexibility index (Phi) is 6.56. The van der Waals surface area contributed by atoms with E-state index in [0.717, 1.165) is 31.5 Å². The molecule has 0 aliphatic carbocycles. The Bertz CT molecular complexity index is 749. The first-order chi connectivity index (χ1) is 12.7. The maximum atomic E-state index is 12.7. The lowest BCUT2D eigenvalue weighted by molar-refractivity contribution is 0.0950. The Labute approximate surface area is 166 Å². The molecule has 1 aliphatic rings. The van der Waals surface area contributed by atoms with Gasteiger partial charge in [-0.3, -0.25) is 4.79 Å². The second-order valence-corrected chi connectivity index (χ2v) is 6.73. The van der Waals surface area contributed by atoms with Gasteiger partial charge in [0.05, 0.1) is 34.1 Å². The van der Waals surface area contributed by atoms with Crippen molar-refractivity contribution in [2.24, 2.45) is 0 Å². The molecule has 2 aromatic rings. The van der Waals surface area contributed by atoms with Crippen molar-refractivity contribution in [3.05, 3.63) is 53.6 Å². The first kappa shape index (κ1) is 18.8. The largest absolute Gasteiger partial charge is 0.504 e. The zero-order valence-electron chi connectivity index (χ0n) is 14.3. The number of benzene rings is 2. The quantitative estimate of drug-likeness (QED) is 0.388. The Morgan fingerprint density at radius 3 is 2.65 bits per heavy atom. The predicted octanol–water partition coefficient (Wildman–Crippen LogP) is 3.21. The smallest absolute Gasteiger partial charge is 0.253 e. The summed E-state index contributed by atoms with van der Waals surface area (Å²) < 4.78 is 8.87. The fraction of sp³-hybridized carbons (Fsp3) is 0.316. The van der Waals surface area contributed by atoms with Crippen molar-refractivity contribution in [2.75, 3.05) is 16.6 Å². The first-order valence-electron chi connectivity index (χ1n) is 8.60. The number of phenols is 1. The van der Waals surface area contributed by atoms with E-state index in [1.165, 1.54) is 6.07 Å². The van der Waals surface area contributed by atoms with Crippen LogP contribution in [0.2, 0.25) is 0 Å². The van der Waals surface area contributed by atoms with E-state index in [0.29, 0.717) is 23.5 Å². The van der Waals surface area contributed by atoms with Gasteiger partial charge in [0.15, 0.2) is 11.5 Å². The van der Waals surface area contributed by atoms with Gasteiger partial charge in [0.2, 0.25) is 0 Å². The van der Waals surface area contributed by atoms with Crippen LogP contribution in [-0.4, -0.2) is 30.2 Å². The highest BCUT2D eigenvalue weighted by atomic mass is 127. The van der Waals surface area contributed by atoms with Crippen LogP contribution in [-0.2, 0) is 6.54 Å². The van der Waals surface area contributed by atoms with Crippen molar-refractivity contribution in [3.8, 4) is 11.5 Å². The molecule has 0 radical (unpaired) electrons. The highest BCUT2D eigenvalue weighted by molar-refractivity contribution is 14.1. The maximum absolute atomic E-state index is 12.7. The van der Waals surface area contributed by atoms with Gasteiger partial charge in [-0.05, 0) is 37.6 Å². The van der Waals surface area contributed by atoms with Crippen LogP contribution in [0.1, 0.15) is 28.8 Å². The molecule has 0 atom stereocenters. The van der Waals surface area contributed by atoms with E-state index in [4.69, 9.17) is 4.74 Å². The third kappa shape index (κ3) is 4.79. The molecule has 0 saturated carbocycles. The van der Waals surface area contributed by atoms with Gasteiger partial charge in [-0.15, -0.1) is 0 Å². The van der Waals surface area contributed by atoms with Gasteiger partial charge in [-0.25, -0.2) is 0 Å². The number of phenolic OH excluding ortho intramolecular Hbond substituents is 1. The summed E-state index contributed by atoms with van der Waals surface area (Å²) in [7, 11) is 0. The summed E-state index contributed by atoms with van der Waals surface area (Å²) in [5.41, 5.74) is 2.01. The van der Waals surface area contributed by atoms with Gasteiger partial charge in [0, 0.05) is 12.6 Å². The number of anilines is 1. The SMILES string of the molecule is O=C(NCc1ccccc1)c1cc(OC2CCNCC2)c(O)cc1NI. The van der Waals surface area contributed by atoms with E-state index in [9.17, 15) is 9.90 Å². The molecule has 1 saturated heterocycles. The summed E-state index contributed by atoms with van der Waals surface area (Å²) >= 11 is 1.95. The fourth-order valence-electron chi connectivity index (χ4n) is 2.90. The Balaban J connectivity index is 1.75. The fourth-order valence-corrected chi connectivity index (χ4v) is 3.34. The molecule has 138 valence electrons.